The molecule has 1 aliphatic carbocycles. The standard InChI is InChI=1S/C17H18ClN5/c18-12-8-11(9-19)10-20-17(12)23-7-3-6-15(23)16-21-13-4-1-2-5-14(13)22-16/h8,10,15H,1-7H2,(H,21,22)/t15-/m0/s1. The van der Waals surface area contributed by atoms with Gasteiger partial charge in [0.2, 0.25) is 0 Å². The first-order valence-corrected chi connectivity index (χ1v) is 8.54. The number of hydrogen-bond donors (Lipinski definition) is 1. The van der Waals surface area contributed by atoms with E-state index in [1.807, 2.05) is 0 Å². The molecule has 2 aromatic rings. The highest BCUT2D eigenvalue weighted by Gasteiger charge is 2.31. The van der Waals surface area contributed by atoms with Crippen LogP contribution in [-0.4, -0.2) is 21.5 Å². The summed E-state index contributed by atoms with van der Waals surface area (Å²) in [5, 5.41) is 9.50. The zero-order valence-electron chi connectivity index (χ0n) is 12.8. The number of hydrogen-bond acceptors (Lipinski definition) is 4. The van der Waals surface area contributed by atoms with Crippen LogP contribution in [0.1, 0.15) is 54.5 Å². The predicted molar refractivity (Wildman–Crippen MR) is 88.5 cm³/mol. The van der Waals surface area contributed by atoms with Crippen molar-refractivity contribution in [2.45, 2.75) is 44.6 Å². The van der Waals surface area contributed by atoms with Crippen LogP contribution in [0.5, 0.6) is 0 Å². The normalized spacial score (nSPS) is 20.3. The number of imidazole rings is 1. The Morgan fingerprint density at radius 2 is 2.17 bits per heavy atom. The van der Waals surface area contributed by atoms with Gasteiger partial charge in [0.25, 0.3) is 0 Å². The van der Waals surface area contributed by atoms with E-state index in [0.717, 1.165) is 43.9 Å². The lowest BCUT2D eigenvalue weighted by Gasteiger charge is -2.25. The van der Waals surface area contributed by atoms with E-state index in [4.69, 9.17) is 21.8 Å². The number of aryl methyl sites for hydroxylation is 2. The van der Waals surface area contributed by atoms with Gasteiger partial charge in [0.1, 0.15) is 17.7 Å². The molecule has 3 heterocycles. The van der Waals surface area contributed by atoms with Crippen LogP contribution in [-0.2, 0) is 12.8 Å². The Morgan fingerprint density at radius 3 is 2.96 bits per heavy atom. The fourth-order valence-electron chi connectivity index (χ4n) is 3.64. The molecule has 0 radical (unpaired) electrons. The summed E-state index contributed by atoms with van der Waals surface area (Å²) < 4.78 is 0. The maximum Gasteiger partial charge on any atom is 0.148 e. The molecule has 1 aliphatic heterocycles. The minimum Gasteiger partial charge on any atom is -0.345 e. The van der Waals surface area contributed by atoms with E-state index in [-0.39, 0.29) is 6.04 Å². The lowest BCUT2D eigenvalue weighted by molar-refractivity contribution is 0.667. The second-order valence-electron chi connectivity index (χ2n) is 6.25. The van der Waals surface area contributed by atoms with Crippen molar-refractivity contribution in [1.82, 2.24) is 15.0 Å². The van der Waals surface area contributed by atoms with Crippen LogP contribution in [0.2, 0.25) is 5.02 Å². The molecular formula is C17H18ClN5. The van der Waals surface area contributed by atoms with Crippen molar-refractivity contribution < 1.29 is 0 Å². The van der Waals surface area contributed by atoms with Crippen molar-refractivity contribution in [2.75, 3.05) is 11.4 Å². The van der Waals surface area contributed by atoms with E-state index >= 15 is 0 Å². The summed E-state index contributed by atoms with van der Waals surface area (Å²) in [6.45, 7) is 0.911. The fourth-order valence-corrected chi connectivity index (χ4v) is 3.92. The van der Waals surface area contributed by atoms with Crippen LogP contribution in [0.3, 0.4) is 0 Å². The first kappa shape index (κ1) is 14.5. The van der Waals surface area contributed by atoms with Gasteiger partial charge in [-0.15, -0.1) is 0 Å². The Balaban J connectivity index is 1.67. The maximum atomic E-state index is 8.96. The third-order valence-corrected chi connectivity index (χ3v) is 5.04. The van der Waals surface area contributed by atoms with Crippen molar-refractivity contribution in [2.24, 2.45) is 0 Å². The van der Waals surface area contributed by atoms with E-state index in [1.165, 1.54) is 24.2 Å². The molecule has 0 bridgehead atoms. The van der Waals surface area contributed by atoms with Gasteiger partial charge in [0, 0.05) is 18.4 Å². The molecule has 5 nitrogen and oxygen atoms in total. The summed E-state index contributed by atoms with van der Waals surface area (Å²) in [7, 11) is 0. The third kappa shape index (κ3) is 2.57. The lowest BCUT2D eigenvalue weighted by Crippen LogP contribution is -2.24. The molecule has 1 atom stereocenters. The highest BCUT2D eigenvalue weighted by Crippen LogP contribution is 2.38. The quantitative estimate of drug-likeness (QED) is 0.915. The largest absolute Gasteiger partial charge is 0.345 e. The van der Waals surface area contributed by atoms with E-state index in [0.29, 0.717) is 10.6 Å². The molecule has 4 rings (SSSR count). The summed E-state index contributed by atoms with van der Waals surface area (Å²) in [6, 6.07) is 3.96. The highest BCUT2D eigenvalue weighted by molar-refractivity contribution is 6.33. The van der Waals surface area contributed by atoms with Crippen LogP contribution >= 0.6 is 11.6 Å². The van der Waals surface area contributed by atoms with Crippen LogP contribution < -0.4 is 4.90 Å². The SMILES string of the molecule is N#Cc1cnc(N2CCC[C@H]2c2nc3c([nH]2)CCCC3)c(Cl)c1. The molecule has 0 spiro atoms. The third-order valence-electron chi connectivity index (χ3n) is 4.76. The summed E-state index contributed by atoms with van der Waals surface area (Å²) in [6.07, 6.45) is 8.38. The zero-order valence-corrected chi connectivity index (χ0v) is 13.6. The molecule has 0 unspecified atom stereocenters. The Morgan fingerprint density at radius 1 is 1.30 bits per heavy atom. The van der Waals surface area contributed by atoms with E-state index in [9.17, 15) is 0 Å². The second kappa shape index (κ2) is 5.86. The smallest absolute Gasteiger partial charge is 0.148 e. The van der Waals surface area contributed by atoms with Gasteiger partial charge in [-0.3, -0.25) is 0 Å². The van der Waals surface area contributed by atoms with Gasteiger partial charge in [0.05, 0.1) is 22.3 Å². The molecule has 2 aliphatic rings. The number of aromatic nitrogens is 3. The topological polar surface area (TPSA) is 68.6 Å². The van der Waals surface area contributed by atoms with Crippen LogP contribution in [0.25, 0.3) is 0 Å². The maximum absolute atomic E-state index is 8.96. The van der Waals surface area contributed by atoms with Crippen LogP contribution in [0.4, 0.5) is 5.82 Å². The molecule has 2 aromatic heterocycles. The van der Waals surface area contributed by atoms with E-state index in [1.54, 1.807) is 12.3 Å². The van der Waals surface area contributed by atoms with Crippen molar-refractivity contribution >= 4 is 17.4 Å². The van der Waals surface area contributed by atoms with Crippen molar-refractivity contribution in [3.05, 3.63) is 40.1 Å². The number of fused-ring (bicyclic) bond motifs is 1. The molecule has 1 N–H and O–H groups in total. The Bertz CT molecular complexity index is 752. The first-order valence-electron chi connectivity index (χ1n) is 8.16. The first-order chi connectivity index (χ1) is 11.3. The van der Waals surface area contributed by atoms with Crippen molar-refractivity contribution in [1.29, 1.82) is 5.26 Å². The lowest BCUT2D eigenvalue weighted by atomic mass is 10.0. The average Bonchev–Trinajstić information content (AvgIpc) is 3.20. The number of anilines is 1. The van der Waals surface area contributed by atoms with Gasteiger partial charge in [-0.05, 0) is 44.6 Å². The van der Waals surface area contributed by atoms with Gasteiger partial charge < -0.3 is 9.88 Å². The summed E-state index contributed by atoms with van der Waals surface area (Å²) in [5.41, 5.74) is 3.02. The molecule has 1 fully saturated rings. The number of H-pyrrole nitrogens is 1. The number of nitrogens with zero attached hydrogens (tertiary/aromatic N) is 4. The summed E-state index contributed by atoms with van der Waals surface area (Å²) in [4.78, 5) is 15.0. The number of nitrogens with one attached hydrogen (secondary N) is 1. The van der Waals surface area contributed by atoms with Crippen molar-refractivity contribution in [3.63, 3.8) is 0 Å². The number of aromatic amines is 1. The Kier molecular flexibility index (Phi) is 3.70. The number of pyridine rings is 1. The number of rotatable bonds is 2. The monoisotopic (exact) mass is 327 g/mol. The van der Waals surface area contributed by atoms with Gasteiger partial charge in [-0.2, -0.15) is 5.26 Å². The molecule has 1 saturated heterocycles. The molecular weight excluding hydrogens is 310 g/mol. The minimum absolute atomic E-state index is 0.193. The Hall–Kier alpha value is -2.06. The van der Waals surface area contributed by atoms with E-state index in [2.05, 4.69) is 20.9 Å². The van der Waals surface area contributed by atoms with Gasteiger partial charge in [0.15, 0.2) is 0 Å². The molecule has 118 valence electrons. The fraction of sp³-hybridized carbons (Fsp3) is 0.471. The van der Waals surface area contributed by atoms with Gasteiger partial charge >= 0.3 is 0 Å². The highest BCUT2D eigenvalue weighted by atomic mass is 35.5. The minimum atomic E-state index is 0.193. The molecule has 23 heavy (non-hydrogen) atoms. The number of nitriles is 1. The summed E-state index contributed by atoms with van der Waals surface area (Å²) in [5.74, 6) is 1.79. The molecule has 0 aromatic carbocycles. The van der Waals surface area contributed by atoms with Gasteiger partial charge in [-0.25, -0.2) is 9.97 Å². The van der Waals surface area contributed by atoms with Crippen LogP contribution in [0, 0.1) is 11.3 Å². The summed E-state index contributed by atoms with van der Waals surface area (Å²) >= 11 is 6.36. The molecule has 0 amide bonds. The molecule has 0 saturated carbocycles. The second-order valence-corrected chi connectivity index (χ2v) is 6.65. The molecule has 6 heteroatoms. The van der Waals surface area contributed by atoms with Gasteiger partial charge in [-0.1, -0.05) is 11.6 Å². The Labute approximate surface area is 140 Å². The predicted octanol–water partition coefficient (Wildman–Crippen LogP) is 3.55. The number of halogens is 1. The van der Waals surface area contributed by atoms with E-state index < -0.39 is 0 Å². The van der Waals surface area contributed by atoms with Crippen molar-refractivity contribution in [3.8, 4) is 6.07 Å². The van der Waals surface area contributed by atoms with Crippen LogP contribution in [0.15, 0.2) is 12.3 Å². The zero-order chi connectivity index (χ0) is 15.8. The average molecular weight is 328 g/mol.